The van der Waals surface area contributed by atoms with Gasteiger partial charge in [-0.3, -0.25) is 9.59 Å². The molecule has 0 radical (unpaired) electrons. The van der Waals surface area contributed by atoms with E-state index in [1.807, 2.05) is 0 Å². The van der Waals surface area contributed by atoms with Crippen LogP contribution >= 0.6 is 0 Å². The molecule has 0 saturated heterocycles. The van der Waals surface area contributed by atoms with Crippen LogP contribution < -0.4 is 0 Å². The Labute approximate surface area is 574 Å². The van der Waals surface area contributed by atoms with Crippen molar-refractivity contribution in [1.82, 2.24) is 0 Å². The number of rotatable bonds is 76. The monoisotopic (exact) mass is 1280 g/mol. The van der Waals surface area contributed by atoms with Crippen LogP contribution in [-0.2, 0) is 19.1 Å². The van der Waals surface area contributed by atoms with Crippen molar-refractivity contribution < 1.29 is 24.2 Å². The summed E-state index contributed by atoms with van der Waals surface area (Å²) >= 11 is 0. The van der Waals surface area contributed by atoms with Crippen LogP contribution in [0.4, 0.5) is 0 Å². The number of aliphatic hydroxyl groups excluding tert-OH is 1. The summed E-state index contributed by atoms with van der Waals surface area (Å²) in [4.78, 5) is 24.7. The molecule has 0 bridgehead atoms. The van der Waals surface area contributed by atoms with Crippen LogP contribution in [0.1, 0.15) is 425 Å². The maximum absolute atomic E-state index is 12.4. The lowest BCUT2D eigenvalue weighted by atomic mass is 10.0. The zero-order valence-corrected chi connectivity index (χ0v) is 61.6. The number of carbonyl (C=O) groups excluding carboxylic acids is 2. The second-order valence-corrected chi connectivity index (χ2v) is 27.4. The van der Waals surface area contributed by atoms with Gasteiger partial charge in [0.1, 0.15) is 6.61 Å². The van der Waals surface area contributed by atoms with Gasteiger partial charge in [-0.05, 0) is 89.9 Å². The summed E-state index contributed by atoms with van der Waals surface area (Å²) in [6, 6.07) is 0. The van der Waals surface area contributed by atoms with E-state index in [1.165, 1.54) is 308 Å². The smallest absolute Gasteiger partial charge is 0.306 e. The first-order valence-electron chi connectivity index (χ1n) is 40.8. The summed E-state index contributed by atoms with van der Waals surface area (Å²) in [5.41, 5.74) is 0. The predicted molar refractivity (Wildman–Crippen MR) is 408 cm³/mol. The van der Waals surface area contributed by atoms with E-state index in [-0.39, 0.29) is 25.2 Å². The van der Waals surface area contributed by atoms with E-state index in [0.717, 1.165) is 89.9 Å². The van der Waals surface area contributed by atoms with Gasteiger partial charge >= 0.3 is 11.9 Å². The van der Waals surface area contributed by atoms with Crippen molar-refractivity contribution in [3.8, 4) is 0 Å². The van der Waals surface area contributed by atoms with Gasteiger partial charge in [-0.15, -0.1) is 0 Å². The van der Waals surface area contributed by atoms with Crippen molar-refractivity contribution in [2.24, 2.45) is 0 Å². The molecule has 0 aliphatic carbocycles. The first kappa shape index (κ1) is 88.8. The molecule has 0 rings (SSSR count). The minimum absolute atomic E-state index is 0.0609. The van der Waals surface area contributed by atoms with Crippen molar-refractivity contribution in [3.63, 3.8) is 0 Å². The van der Waals surface area contributed by atoms with Gasteiger partial charge in [0, 0.05) is 12.8 Å². The zero-order chi connectivity index (χ0) is 66.1. The van der Waals surface area contributed by atoms with Crippen LogP contribution in [-0.4, -0.2) is 36.4 Å². The van der Waals surface area contributed by atoms with Crippen molar-refractivity contribution in [1.29, 1.82) is 0 Å². The normalized spacial score (nSPS) is 12.7. The molecule has 1 atom stereocenters. The highest BCUT2D eigenvalue weighted by Crippen LogP contribution is 2.20. The molecule has 0 spiro atoms. The molecule has 0 saturated carbocycles. The van der Waals surface area contributed by atoms with Gasteiger partial charge in [0.2, 0.25) is 0 Å². The summed E-state index contributed by atoms with van der Waals surface area (Å²) in [6.07, 6.45) is 118. The Kier molecular flexibility index (Phi) is 79.2. The third-order valence-electron chi connectivity index (χ3n) is 18.4. The number of hydrogen-bond acceptors (Lipinski definition) is 5. The molecule has 534 valence electrons. The summed E-state index contributed by atoms with van der Waals surface area (Å²) in [7, 11) is 0. The summed E-state index contributed by atoms with van der Waals surface area (Å²) in [5.74, 6) is -0.566. The lowest BCUT2D eigenvalue weighted by Gasteiger charge is -2.15. The van der Waals surface area contributed by atoms with Crippen LogP contribution in [0.2, 0.25) is 0 Å². The fourth-order valence-electron chi connectivity index (χ4n) is 12.4. The zero-order valence-electron chi connectivity index (χ0n) is 61.6. The van der Waals surface area contributed by atoms with Crippen molar-refractivity contribution in [2.45, 2.75) is 431 Å². The molecular formula is C87H156O5. The molecule has 0 aromatic carbocycles. The Morgan fingerprint density at radius 1 is 0.250 bits per heavy atom. The van der Waals surface area contributed by atoms with E-state index in [0.29, 0.717) is 12.8 Å². The number of ether oxygens (including phenoxy) is 2. The van der Waals surface area contributed by atoms with Crippen LogP contribution in [0.3, 0.4) is 0 Å². The van der Waals surface area contributed by atoms with Crippen molar-refractivity contribution in [3.05, 3.63) is 97.2 Å². The average Bonchev–Trinajstić information content (AvgIpc) is 3.64. The molecule has 5 heteroatoms. The number of unbranched alkanes of at least 4 members (excludes halogenated alkanes) is 52. The van der Waals surface area contributed by atoms with E-state index in [1.54, 1.807) is 0 Å². The largest absolute Gasteiger partial charge is 0.462 e. The Morgan fingerprint density at radius 2 is 0.435 bits per heavy atom. The van der Waals surface area contributed by atoms with Gasteiger partial charge in [0.15, 0.2) is 6.10 Å². The number of allylic oxidation sites excluding steroid dienone is 16. The molecule has 0 aliphatic rings. The molecule has 1 N–H and O–H groups in total. The molecule has 0 amide bonds. The third kappa shape index (κ3) is 79.3. The summed E-state index contributed by atoms with van der Waals surface area (Å²) < 4.78 is 10.8. The van der Waals surface area contributed by atoms with E-state index < -0.39 is 6.10 Å². The van der Waals surface area contributed by atoms with E-state index in [9.17, 15) is 14.7 Å². The van der Waals surface area contributed by atoms with Crippen LogP contribution in [0, 0.1) is 0 Å². The van der Waals surface area contributed by atoms with Gasteiger partial charge in [-0.1, -0.05) is 419 Å². The van der Waals surface area contributed by atoms with Gasteiger partial charge in [0.05, 0.1) is 6.61 Å². The molecule has 92 heavy (non-hydrogen) atoms. The SMILES string of the molecule is CC/C=C\C/C=C\C/C=C\C/C=C\CCCCCCCCCCCCCCCCCCCCCCCCCCCCCCC(=O)OC(CO)COC(=O)CCCCCCCCCCCCCCCCCCCCCCCCCC/C=C\C/C=C\C/C=C\C/C=C\CC. The Morgan fingerprint density at radius 3 is 0.652 bits per heavy atom. The molecule has 1 unspecified atom stereocenters. The fraction of sp³-hybridized carbons (Fsp3) is 0.793. The Balaban J connectivity index is 3.37. The molecule has 0 aromatic heterocycles. The average molecular weight is 1280 g/mol. The first-order valence-corrected chi connectivity index (χ1v) is 40.8. The number of aliphatic hydroxyl groups is 1. The van der Waals surface area contributed by atoms with Crippen LogP contribution in [0.25, 0.3) is 0 Å². The number of carbonyl (C=O) groups is 2. The standard InChI is InChI=1S/C87H156O5/c1-3-5-7-9-11-13-15-17-19-21-23-25-27-29-31-33-35-37-39-41-42-43-44-46-48-50-52-54-56-58-60-62-64-66-68-70-72-74-76-78-80-82-87(90)92-85(83-88)84-91-86(89)81-79-77-75-73-71-69-67-65-63-61-59-57-55-53-51-49-47-45-40-38-36-34-32-30-28-26-24-22-20-18-16-14-12-10-8-6-4-2/h5-8,11-14,17-20,23-26,85,88H,3-4,9-10,15-16,21-22,27-84H2,1-2H3/b7-5-,8-6-,13-11-,14-12-,19-17-,20-18-,25-23-,26-24-. The first-order chi connectivity index (χ1) is 45.6. The van der Waals surface area contributed by atoms with E-state index in [2.05, 4.69) is 111 Å². The summed E-state index contributed by atoms with van der Waals surface area (Å²) in [5, 5.41) is 9.74. The molecule has 0 heterocycles. The molecular weight excluding hydrogens is 1120 g/mol. The second-order valence-electron chi connectivity index (χ2n) is 27.4. The Bertz CT molecular complexity index is 1700. The molecule has 5 nitrogen and oxygen atoms in total. The van der Waals surface area contributed by atoms with Crippen molar-refractivity contribution >= 4 is 11.9 Å². The van der Waals surface area contributed by atoms with E-state index >= 15 is 0 Å². The predicted octanol–water partition coefficient (Wildman–Crippen LogP) is 28.9. The highest BCUT2D eigenvalue weighted by molar-refractivity contribution is 5.70. The molecule has 0 fully saturated rings. The highest BCUT2D eigenvalue weighted by Gasteiger charge is 2.16. The van der Waals surface area contributed by atoms with Crippen LogP contribution in [0.5, 0.6) is 0 Å². The van der Waals surface area contributed by atoms with Gasteiger partial charge in [-0.2, -0.15) is 0 Å². The second kappa shape index (κ2) is 82.1. The Hall–Kier alpha value is -3.18. The van der Waals surface area contributed by atoms with Gasteiger partial charge in [0.25, 0.3) is 0 Å². The fourth-order valence-corrected chi connectivity index (χ4v) is 12.4. The molecule has 0 aliphatic heterocycles. The number of hydrogen-bond donors (Lipinski definition) is 1. The highest BCUT2D eigenvalue weighted by atomic mass is 16.6. The third-order valence-corrected chi connectivity index (χ3v) is 18.4. The van der Waals surface area contributed by atoms with Gasteiger partial charge < -0.3 is 14.6 Å². The van der Waals surface area contributed by atoms with Crippen LogP contribution in [0.15, 0.2) is 97.2 Å². The minimum atomic E-state index is -0.773. The maximum atomic E-state index is 12.4. The number of esters is 2. The summed E-state index contributed by atoms with van der Waals surface area (Å²) in [6.45, 7) is 3.97. The lowest BCUT2D eigenvalue weighted by Crippen LogP contribution is -2.28. The maximum Gasteiger partial charge on any atom is 0.306 e. The van der Waals surface area contributed by atoms with E-state index in [4.69, 9.17) is 9.47 Å². The van der Waals surface area contributed by atoms with Gasteiger partial charge in [-0.25, -0.2) is 0 Å². The lowest BCUT2D eigenvalue weighted by molar-refractivity contribution is -0.161. The topological polar surface area (TPSA) is 72.8 Å². The molecule has 0 aromatic rings. The van der Waals surface area contributed by atoms with Crippen molar-refractivity contribution in [2.75, 3.05) is 13.2 Å². The quantitative estimate of drug-likeness (QED) is 0.0373. The minimum Gasteiger partial charge on any atom is -0.462 e.